The van der Waals surface area contributed by atoms with E-state index in [0.717, 1.165) is 16.3 Å². The number of carbonyl (C=O) groups excluding carboxylic acids is 1. The van der Waals surface area contributed by atoms with Gasteiger partial charge < -0.3 is 9.47 Å². The number of carbonyl (C=O) groups is 1. The summed E-state index contributed by atoms with van der Waals surface area (Å²) in [5.74, 6) is -0.364. The van der Waals surface area contributed by atoms with Crippen molar-refractivity contribution in [3.63, 3.8) is 0 Å². The number of benzene rings is 2. The molecule has 2 aromatic carbocycles. The molecule has 0 aliphatic heterocycles. The molecule has 2 aromatic rings. The van der Waals surface area contributed by atoms with Crippen molar-refractivity contribution in [2.45, 2.75) is 32.5 Å². The molecule has 3 nitrogen and oxygen atoms in total. The quantitative estimate of drug-likeness (QED) is 0.796. The number of hydrogen-bond acceptors (Lipinski definition) is 3. The Balaban J connectivity index is 2.42. The third kappa shape index (κ3) is 3.17. The Labute approximate surface area is 119 Å². The van der Waals surface area contributed by atoms with Crippen LogP contribution in [0.2, 0.25) is 0 Å². The molecular weight excluding hydrogens is 252 g/mol. The van der Waals surface area contributed by atoms with Crippen LogP contribution in [0.3, 0.4) is 0 Å². The first-order valence-corrected chi connectivity index (χ1v) is 6.66. The lowest BCUT2D eigenvalue weighted by molar-refractivity contribution is -0.167. The highest BCUT2D eigenvalue weighted by molar-refractivity contribution is 5.90. The summed E-state index contributed by atoms with van der Waals surface area (Å²) in [6.45, 7) is 5.54. The summed E-state index contributed by atoms with van der Waals surface area (Å²) in [4.78, 5) is 12.3. The van der Waals surface area contributed by atoms with Gasteiger partial charge in [0.15, 0.2) is 6.10 Å². The summed E-state index contributed by atoms with van der Waals surface area (Å²) < 4.78 is 10.8. The molecule has 0 aliphatic rings. The van der Waals surface area contributed by atoms with Crippen molar-refractivity contribution in [2.24, 2.45) is 0 Å². The van der Waals surface area contributed by atoms with Crippen LogP contribution >= 0.6 is 0 Å². The normalized spacial score (nSPS) is 13.2. The molecule has 0 spiro atoms. The van der Waals surface area contributed by atoms with E-state index in [0.29, 0.717) is 0 Å². The third-order valence-corrected chi connectivity index (χ3v) is 2.96. The summed E-state index contributed by atoms with van der Waals surface area (Å²) in [7, 11) is 1.52. The molecular formula is C17H20O3. The third-order valence-electron chi connectivity index (χ3n) is 2.96. The maximum absolute atomic E-state index is 12.3. The van der Waals surface area contributed by atoms with Crippen LogP contribution < -0.4 is 0 Å². The molecule has 0 aromatic heterocycles. The minimum atomic E-state index is -0.708. The Morgan fingerprint density at radius 2 is 1.70 bits per heavy atom. The first kappa shape index (κ1) is 14.5. The molecule has 1 atom stereocenters. The van der Waals surface area contributed by atoms with Gasteiger partial charge in [0.2, 0.25) is 0 Å². The molecule has 3 heteroatoms. The summed E-state index contributed by atoms with van der Waals surface area (Å²) in [6.07, 6.45) is -0.708. The summed E-state index contributed by atoms with van der Waals surface area (Å²) in [5, 5.41) is 2.09. The zero-order valence-corrected chi connectivity index (χ0v) is 12.3. The molecule has 0 N–H and O–H groups in total. The van der Waals surface area contributed by atoms with E-state index >= 15 is 0 Å². The van der Waals surface area contributed by atoms with Crippen molar-refractivity contribution >= 4 is 16.7 Å². The highest BCUT2D eigenvalue weighted by Crippen LogP contribution is 2.28. The Morgan fingerprint density at radius 1 is 1.05 bits per heavy atom. The van der Waals surface area contributed by atoms with Gasteiger partial charge in [-0.3, -0.25) is 0 Å². The van der Waals surface area contributed by atoms with Crippen molar-refractivity contribution in [3.05, 3.63) is 48.0 Å². The lowest BCUT2D eigenvalue weighted by atomic mass is 10.00. The number of esters is 1. The van der Waals surface area contributed by atoms with Gasteiger partial charge in [0.25, 0.3) is 0 Å². The first-order valence-electron chi connectivity index (χ1n) is 6.66. The van der Waals surface area contributed by atoms with Gasteiger partial charge in [-0.05, 0) is 37.1 Å². The zero-order chi connectivity index (χ0) is 14.8. The Morgan fingerprint density at radius 3 is 2.35 bits per heavy atom. The summed E-state index contributed by atoms with van der Waals surface area (Å²) in [6, 6.07) is 13.8. The number of rotatable bonds is 3. The molecule has 2 rings (SSSR count). The topological polar surface area (TPSA) is 35.5 Å². The molecule has 0 saturated carbocycles. The monoisotopic (exact) mass is 272 g/mol. The van der Waals surface area contributed by atoms with Gasteiger partial charge in [0.05, 0.1) is 0 Å². The Kier molecular flexibility index (Phi) is 4.09. The number of methoxy groups -OCH3 is 1. The van der Waals surface area contributed by atoms with Crippen LogP contribution in [0, 0.1) is 0 Å². The van der Waals surface area contributed by atoms with E-state index in [9.17, 15) is 4.79 Å². The van der Waals surface area contributed by atoms with Crippen molar-refractivity contribution in [1.82, 2.24) is 0 Å². The number of fused-ring (bicyclic) bond motifs is 1. The fraction of sp³-hybridized carbons (Fsp3) is 0.353. The predicted octanol–water partition coefficient (Wildman–Crippen LogP) is 3.87. The van der Waals surface area contributed by atoms with Gasteiger partial charge in [-0.25, -0.2) is 4.79 Å². The molecule has 0 amide bonds. The average Bonchev–Trinajstić information content (AvgIpc) is 2.38. The molecule has 106 valence electrons. The minimum absolute atomic E-state index is 0.364. The van der Waals surface area contributed by atoms with E-state index in [4.69, 9.17) is 9.47 Å². The maximum atomic E-state index is 12.3. The van der Waals surface area contributed by atoms with Crippen molar-refractivity contribution in [3.8, 4) is 0 Å². The van der Waals surface area contributed by atoms with Crippen LogP contribution in [0.15, 0.2) is 42.5 Å². The summed E-state index contributed by atoms with van der Waals surface area (Å²) in [5.41, 5.74) is 0.304. The van der Waals surface area contributed by atoms with E-state index in [1.54, 1.807) is 0 Å². The van der Waals surface area contributed by atoms with Gasteiger partial charge in [-0.2, -0.15) is 0 Å². The highest BCUT2D eigenvalue weighted by atomic mass is 16.6. The number of hydrogen-bond donors (Lipinski definition) is 0. The Hall–Kier alpha value is -1.87. The van der Waals surface area contributed by atoms with E-state index in [-0.39, 0.29) is 5.97 Å². The van der Waals surface area contributed by atoms with Crippen LogP contribution in [0.4, 0.5) is 0 Å². The maximum Gasteiger partial charge on any atom is 0.340 e. The smallest absolute Gasteiger partial charge is 0.340 e. The van der Waals surface area contributed by atoms with E-state index in [1.165, 1.54) is 7.11 Å². The van der Waals surface area contributed by atoms with Crippen LogP contribution in [0.25, 0.3) is 10.8 Å². The highest BCUT2D eigenvalue weighted by Gasteiger charge is 2.27. The van der Waals surface area contributed by atoms with Gasteiger partial charge in [-0.15, -0.1) is 0 Å². The molecule has 0 bridgehead atoms. The van der Waals surface area contributed by atoms with Crippen molar-refractivity contribution < 1.29 is 14.3 Å². The second-order valence-electron chi connectivity index (χ2n) is 5.72. The van der Waals surface area contributed by atoms with E-state index in [1.807, 2.05) is 63.2 Å². The molecule has 0 unspecified atom stereocenters. The molecule has 0 heterocycles. The van der Waals surface area contributed by atoms with Crippen LogP contribution in [-0.2, 0) is 14.3 Å². The van der Waals surface area contributed by atoms with Crippen LogP contribution in [0.1, 0.15) is 32.4 Å². The first-order chi connectivity index (χ1) is 9.42. The molecule has 0 saturated heterocycles. The van der Waals surface area contributed by atoms with Gasteiger partial charge >= 0.3 is 5.97 Å². The zero-order valence-electron chi connectivity index (χ0n) is 12.3. The van der Waals surface area contributed by atoms with E-state index < -0.39 is 11.7 Å². The standard InChI is InChI=1S/C17H20O3/c1-17(2,3)20-16(18)15(19-4)14-11-7-9-12-8-5-6-10-13(12)14/h5-11,15H,1-4H3/t15-/m1/s1. The predicted molar refractivity (Wildman–Crippen MR) is 79.5 cm³/mol. The lowest BCUT2D eigenvalue weighted by Gasteiger charge is -2.24. The second-order valence-corrected chi connectivity index (χ2v) is 5.72. The fourth-order valence-electron chi connectivity index (χ4n) is 2.18. The molecule has 0 fully saturated rings. The van der Waals surface area contributed by atoms with Crippen molar-refractivity contribution in [1.29, 1.82) is 0 Å². The molecule has 20 heavy (non-hydrogen) atoms. The average molecular weight is 272 g/mol. The van der Waals surface area contributed by atoms with Crippen LogP contribution in [-0.4, -0.2) is 18.7 Å². The summed E-state index contributed by atoms with van der Waals surface area (Å²) >= 11 is 0. The number of ether oxygens (including phenoxy) is 2. The van der Waals surface area contributed by atoms with E-state index in [2.05, 4.69) is 0 Å². The Bertz CT molecular complexity index is 606. The SMILES string of the molecule is CO[C@@H](C(=O)OC(C)(C)C)c1cccc2ccccc12. The van der Waals surface area contributed by atoms with Crippen molar-refractivity contribution in [2.75, 3.05) is 7.11 Å². The lowest BCUT2D eigenvalue weighted by Crippen LogP contribution is -2.28. The fourth-order valence-corrected chi connectivity index (χ4v) is 2.18. The van der Waals surface area contributed by atoms with Gasteiger partial charge in [0.1, 0.15) is 5.60 Å². The second kappa shape index (κ2) is 5.63. The molecule has 0 aliphatic carbocycles. The molecule has 0 radical (unpaired) electrons. The van der Waals surface area contributed by atoms with Gasteiger partial charge in [-0.1, -0.05) is 42.5 Å². The minimum Gasteiger partial charge on any atom is -0.458 e. The van der Waals surface area contributed by atoms with Crippen LogP contribution in [0.5, 0.6) is 0 Å². The van der Waals surface area contributed by atoms with Gasteiger partial charge in [0, 0.05) is 7.11 Å². The largest absolute Gasteiger partial charge is 0.458 e.